The van der Waals surface area contributed by atoms with Crippen molar-refractivity contribution in [3.8, 4) is 5.75 Å². The fourth-order valence-electron chi connectivity index (χ4n) is 3.73. The molecule has 8 heteroatoms. The van der Waals surface area contributed by atoms with Gasteiger partial charge in [-0.15, -0.1) is 11.3 Å². The Labute approximate surface area is 173 Å². The first-order valence-corrected chi connectivity index (χ1v) is 10.4. The molecule has 0 bridgehead atoms. The number of hydrogen-bond donors (Lipinski definition) is 1. The van der Waals surface area contributed by atoms with Gasteiger partial charge in [0.2, 0.25) is 11.8 Å². The number of nitrogens with one attached hydrogen (secondary N) is 1. The van der Waals surface area contributed by atoms with Gasteiger partial charge in [0.1, 0.15) is 18.4 Å². The van der Waals surface area contributed by atoms with Gasteiger partial charge in [-0.3, -0.25) is 19.7 Å². The molecule has 3 heterocycles. The molecule has 1 unspecified atom stereocenters. The second kappa shape index (κ2) is 7.96. The molecular formula is C21H23N3O4S. The minimum atomic E-state index is -0.587. The molecule has 1 N–H and O–H groups in total. The molecule has 1 aromatic carbocycles. The van der Waals surface area contributed by atoms with E-state index in [0.29, 0.717) is 25.1 Å². The van der Waals surface area contributed by atoms with Crippen LogP contribution in [0.5, 0.6) is 5.75 Å². The van der Waals surface area contributed by atoms with Crippen LogP contribution in [0.2, 0.25) is 0 Å². The highest BCUT2D eigenvalue weighted by molar-refractivity contribution is 7.10. The Balaban J connectivity index is 1.42. The topological polar surface area (TPSA) is 79.0 Å². The summed E-state index contributed by atoms with van der Waals surface area (Å²) in [6, 6.07) is 7.40. The molecule has 1 atom stereocenters. The van der Waals surface area contributed by atoms with Crippen molar-refractivity contribution >= 4 is 29.1 Å². The molecule has 0 spiro atoms. The molecule has 1 aromatic heterocycles. The van der Waals surface area contributed by atoms with Crippen LogP contribution in [0, 0.1) is 0 Å². The average Bonchev–Trinajstić information content (AvgIpc) is 3.21. The summed E-state index contributed by atoms with van der Waals surface area (Å²) in [6.45, 7) is 1.63. The zero-order chi connectivity index (χ0) is 20.5. The Kier molecular flexibility index (Phi) is 5.38. The number of piperidine rings is 1. The summed E-state index contributed by atoms with van der Waals surface area (Å²) in [6.07, 6.45) is 0.627. The second-order valence-corrected chi connectivity index (χ2v) is 8.59. The molecule has 0 aliphatic carbocycles. The number of carbonyl (C=O) groups is 3. The molecular weight excluding hydrogens is 390 g/mol. The summed E-state index contributed by atoms with van der Waals surface area (Å²) < 4.78 is 5.93. The molecule has 7 nitrogen and oxygen atoms in total. The first-order valence-electron chi connectivity index (χ1n) is 9.52. The van der Waals surface area contributed by atoms with Crippen LogP contribution < -0.4 is 10.1 Å². The lowest BCUT2D eigenvalue weighted by molar-refractivity contribution is -0.136. The van der Waals surface area contributed by atoms with Gasteiger partial charge in [0.05, 0.1) is 5.56 Å². The van der Waals surface area contributed by atoms with Crippen molar-refractivity contribution in [3.63, 3.8) is 0 Å². The summed E-state index contributed by atoms with van der Waals surface area (Å²) in [7, 11) is 4.06. The van der Waals surface area contributed by atoms with Crippen LogP contribution in [0.15, 0.2) is 29.6 Å². The zero-order valence-corrected chi connectivity index (χ0v) is 17.3. The van der Waals surface area contributed by atoms with Gasteiger partial charge in [-0.2, -0.15) is 0 Å². The van der Waals surface area contributed by atoms with E-state index in [-0.39, 0.29) is 24.1 Å². The van der Waals surface area contributed by atoms with Gasteiger partial charge in [-0.25, -0.2) is 0 Å². The highest BCUT2D eigenvalue weighted by Crippen LogP contribution is 2.34. The number of carbonyl (C=O) groups excluding carboxylic acids is 3. The van der Waals surface area contributed by atoms with Crippen LogP contribution in [0.25, 0.3) is 0 Å². The van der Waals surface area contributed by atoms with Crippen LogP contribution in [0.3, 0.4) is 0 Å². The number of imide groups is 1. The lowest BCUT2D eigenvalue weighted by atomic mass is 10.0. The monoisotopic (exact) mass is 413 g/mol. The fraction of sp³-hybridized carbons (Fsp3) is 0.381. The lowest BCUT2D eigenvalue weighted by Gasteiger charge is -2.29. The number of ether oxygens (including phenoxy) is 1. The van der Waals surface area contributed by atoms with E-state index in [9.17, 15) is 14.4 Å². The highest BCUT2D eigenvalue weighted by atomic mass is 32.1. The van der Waals surface area contributed by atoms with Crippen LogP contribution in [0.4, 0.5) is 0 Å². The van der Waals surface area contributed by atoms with E-state index >= 15 is 0 Å². The summed E-state index contributed by atoms with van der Waals surface area (Å²) in [5.41, 5.74) is 2.78. The molecule has 29 heavy (non-hydrogen) atoms. The lowest BCUT2D eigenvalue weighted by Crippen LogP contribution is -2.52. The largest absolute Gasteiger partial charge is 0.488 e. The average molecular weight is 413 g/mol. The molecule has 2 aromatic rings. The van der Waals surface area contributed by atoms with Gasteiger partial charge >= 0.3 is 0 Å². The third-order valence-corrected chi connectivity index (χ3v) is 6.18. The van der Waals surface area contributed by atoms with Gasteiger partial charge in [-0.05, 0) is 38.2 Å². The van der Waals surface area contributed by atoms with Crippen molar-refractivity contribution in [2.24, 2.45) is 0 Å². The number of hydrogen-bond acceptors (Lipinski definition) is 6. The van der Waals surface area contributed by atoms with E-state index in [1.54, 1.807) is 4.90 Å². The maximum Gasteiger partial charge on any atom is 0.256 e. The van der Waals surface area contributed by atoms with Crippen LogP contribution >= 0.6 is 11.3 Å². The molecule has 2 aliphatic rings. The Bertz CT molecular complexity index is 951. The molecule has 1 fully saturated rings. The van der Waals surface area contributed by atoms with E-state index in [4.69, 9.17) is 4.74 Å². The molecule has 2 aliphatic heterocycles. The Morgan fingerprint density at radius 1 is 1.21 bits per heavy atom. The molecule has 0 radical (unpaired) electrons. The Hall–Kier alpha value is -2.71. The predicted octanol–water partition coefficient (Wildman–Crippen LogP) is 2.15. The van der Waals surface area contributed by atoms with Crippen LogP contribution in [0.1, 0.15) is 39.2 Å². The number of thiophene rings is 1. The summed E-state index contributed by atoms with van der Waals surface area (Å²) in [5.74, 6) is -0.0390. The van der Waals surface area contributed by atoms with Crippen molar-refractivity contribution in [2.45, 2.75) is 38.6 Å². The minimum absolute atomic E-state index is 0.148. The van der Waals surface area contributed by atoms with Crippen molar-refractivity contribution in [2.75, 3.05) is 14.1 Å². The van der Waals surface area contributed by atoms with Crippen LogP contribution in [-0.2, 0) is 29.3 Å². The van der Waals surface area contributed by atoms with Gasteiger partial charge in [0.15, 0.2) is 0 Å². The predicted molar refractivity (Wildman–Crippen MR) is 109 cm³/mol. The van der Waals surface area contributed by atoms with Crippen molar-refractivity contribution < 1.29 is 19.1 Å². The van der Waals surface area contributed by atoms with Gasteiger partial charge in [-0.1, -0.05) is 12.1 Å². The number of benzene rings is 1. The van der Waals surface area contributed by atoms with Gasteiger partial charge in [0.25, 0.3) is 5.91 Å². The smallest absolute Gasteiger partial charge is 0.256 e. The third-order valence-electron chi connectivity index (χ3n) is 5.18. The minimum Gasteiger partial charge on any atom is -0.488 e. The number of amides is 3. The van der Waals surface area contributed by atoms with Gasteiger partial charge < -0.3 is 14.5 Å². The van der Waals surface area contributed by atoms with E-state index < -0.39 is 6.04 Å². The van der Waals surface area contributed by atoms with Crippen molar-refractivity contribution in [3.05, 3.63) is 51.2 Å². The molecule has 1 saturated heterocycles. The molecule has 4 rings (SSSR count). The summed E-state index contributed by atoms with van der Waals surface area (Å²) >= 11 is 1.50. The second-order valence-electron chi connectivity index (χ2n) is 7.62. The normalized spacial score (nSPS) is 18.9. The first-order chi connectivity index (χ1) is 13.9. The zero-order valence-electron chi connectivity index (χ0n) is 16.4. The fourth-order valence-corrected chi connectivity index (χ4v) is 4.68. The van der Waals surface area contributed by atoms with Crippen molar-refractivity contribution in [1.82, 2.24) is 15.1 Å². The number of fused-ring (bicyclic) bond motifs is 1. The molecule has 0 saturated carbocycles. The first kappa shape index (κ1) is 19.6. The standard InChI is InChI=1S/C21H23N3O4S/c1-23(2)9-13-3-5-14(6-4-13)28-11-18-15-10-24(21(27)16(15)12-29-18)17-7-8-19(25)22-20(17)26/h3-6,12,17H,7-11H2,1-2H3,(H,22,25,26). The molecule has 152 valence electrons. The van der Waals surface area contributed by atoms with Crippen LogP contribution in [-0.4, -0.2) is 47.7 Å². The van der Waals surface area contributed by atoms with E-state index in [0.717, 1.165) is 22.7 Å². The van der Waals surface area contributed by atoms with E-state index in [2.05, 4.69) is 10.2 Å². The summed E-state index contributed by atoms with van der Waals surface area (Å²) in [4.78, 5) is 40.9. The number of rotatable bonds is 6. The maximum absolute atomic E-state index is 12.8. The number of nitrogens with zero attached hydrogens (tertiary/aromatic N) is 2. The quantitative estimate of drug-likeness (QED) is 0.734. The van der Waals surface area contributed by atoms with Gasteiger partial charge in [0, 0.05) is 35.3 Å². The Morgan fingerprint density at radius 2 is 1.97 bits per heavy atom. The maximum atomic E-state index is 12.8. The van der Waals surface area contributed by atoms with E-state index in [1.807, 2.05) is 43.7 Å². The summed E-state index contributed by atoms with van der Waals surface area (Å²) in [5, 5.41) is 4.16. The Morgan fingerprint density at radius 3 is 2.66 bits per heavy atom. The van der Waals surface area contributed by atoms with Crippen molar-refractivity contribution in [1.29, 1.82) is 0 Å². The SMILES string of the molecule is CN(C)Cc1ccc(OCc2scc3c2CN(C2CCC(=O)NC2=O)C3=O)cc1. The molecule has 3 amide bonds. The third kappa shape index (κ3) is 4.04. The van der Waals surface area contributed by atoms with E-state index in [1.165, 1.54) is 16.9 Å². The highest BCUT2D eigenvalue weighted by Gasteiger charge is 2.40.